The number of allylic oxidation sites excluding steroid dienone is 1. The van der Waals surface area contributed by atoms with Gasteiger partial charge in [0, 0.05) is 10.5 Å². The molecule has 5 nitrogen and oxygen atoms in total. The molecule has 1 aliphatic heterocycles. The van der Waals surface area contributed by atoms with Crippen LogP contribution in [-0.4, -0.2) is 18.2 Å². The molecule has 26 heavy (non-hydrogen) atoms. The van der Waals surface area contributed by atoms with Crippen LogP contribution >= 0.6 is 15.9 Å². The number of nitrogens with zero attached hydrogens (tertiary/aromatic N) is 1. The first-order chi connectivity index (χ1) is 12.6. The van der Waals surface area contributed by atoms with Crippen molar-refractivity contribution < 1.29 is 4.79 Å². The maximum Gasteiger partial charge on any atom is 0.258 e. The molecule has 134 valence electrons. The van der Waals surface area contributed by atoms with E-state index in [0.29, 0.717) is 6.42 Å². The number of hydrogen-bond acceptors (Lipinski definition) is 4. The van der Waals surface area contributed by atoms with Crippen molar-refractivity contribution in [2.24, 2.45) is 5.10 Å². The Morgan fingerprint density at radius 1 is 1.15 bits per heavy atom. The summed E-state index contributed by atoms with van der Waals surface area (Å²) in [4.78, 5) is 12.3. The number of hydrazine groups is 1. The predicted molar refractivity (Wildman–Crippen MR) is 109 cm³/mol. The molecule has 6 heteroatoms. The Hall–Kier alpha value is -2.28. The van der Waals surface area contributed by atoms with E-state index in [2.05, 4.69) is 68.5 Å². The van der Waals surface area contributed by atoms with Crippen LogP contribution < -0.4 is 16.3 Å². The molecule has 0 spiro atoms. The van der Waals surface area contributed by atoms with Gasteiger partial charge in [-0.05, 0) is 46.5 Å². The second-order valence-electron chi connectivity index (χ2n) is 6.21. The van der Waals surface area contributed by atoms with Gasteiger partial charge in [-0.25, -0.2) is 16.3 Å². The van der Waals surface area contributed by atoms with Crippen LogP contribution in [-0.2, 0) is 4.79 Å². The summed E-state index contributed by atoms with van der Waals surface area (Å²) in [6, 6.07) is 18.0. The van der Waals surface area contributed by atoms with Crippen LogP contribution in [0.1, 0.15) is 29.2 Å². The Kier molecular flexibility index (Phi) is 6.33. The minimum Gasteiger partial charge on any atom is -0.271 e. The van der Waals surface area contributed by atoms with E-state index in [9.17, 15) is 4.79 Å². The van der Waals surface area contributed by atoms with Crippen molar-refractivity contribution in [2.75, 3.05) is 0 Å². The highest BCUT2D eigenvalue weighted by Crippen LogP contribution is 2.22. The molecule has 2 aromatic rings. The van der Waals surface area contributed by atoms with Gasteiger partial charge in [0.25, 0.3) is 5.91 Å². The van der Waals surface area contributed by atoms with E-state index in [1.807, 2.05) is 36.4 Å². The molecule has 1 fully saturated rings. The molecule has 0 bridgehead atoms. The minimum absolute atomic E-state index is 0.111. The van der Waals surface area contributed by atoms with Gasteiger partial charge in [0.1, 0.15) is 6.04 Å². The lowest BCUT2D eigenvalue weighted by atomic mass is 10.0. The van der Waals surface area contributed by atoms with E-state index < -0.39 is 0 Å². The number of aryl methyl sites for hydroxylation is 1. The molecule has 0 radical (unpaired) electrons. The van der Waals surface area contributed by atoms with Gasteiger partial charge in [-0.15, -0.1) is 0 Å². The monoisotopic (exact) mass is 412 g/mol. The zero-order chi connectivity index (χ0) is 18.4. The smallest absolute Gasteiger partial charge is 0.258 e. The van der Waals surface area contributed by atoms with Crippen LogP contribution in [0.5, 0.6) is 0 Å². The zero-order valence-corrected chi connectivity index (χ0v) is 16.0. The fraction of sp³-hybridized carbons (Fsp3) is 0.200. The summed E-state index contributed by atoms with van der Waals surface area (Å²) in [5.74, 6) is -0.164. The normalized spacial score (nSPS) is 20.5. The molecular formula is C20H21BrN4O. The third kappa shape index (κ3) is 5.11. The number of carbonyl (C=O) groups is 1. The number of hydrazone groups is 1. The van der Waals surface area contributed by atoms with Gasteiger partial charge in [-0.2, -0.15) is 5.10 Å². The molecule has 2 unspecified atom stereocenters. The standard InChI is InChI=1S/C20H21BrN4O/c1-14-7-9-16(10-8-14)18-12-19(24-23-18)20(26)25-22-13-17(21)11-15-5-3-2-4-6-15/h2-11,13,18-19,23-24H,12H2,1H3,(H,25,26)/b17-11-,22-13+. The number of hydrogen-bond donors (Lipinski definition) is 3. The first kappa shape index (κ1) is 18.5. The zero-order valence-electron chi connectivity index (χ0n) is 14.4. The lowest BCUT2D eigenvalue weighted by Gasteiger charge is -2.09. The van der Waals surface area contributed by atoms with E-state index in [1.54, 1.807) is 6.21 Å². The Morgan fingerprint density at radius 3 is 2.62 bits per heavy atom. The van der Waals surface area contributed by atoms with E-state index in [-0.39, 0.29) is 18.0 Å². The molecule has 3 N–H and O–H groups in total. The number of rotatable bonds is 5. The SMILES string of the molecule is Cc1ccc(C2CC(C(=O)N/N=C/C(Br)=C/c3ccccc3)NN2)cc1. The molecule has 1 heterocycles. The van der Waals surface area contributed by atoms with Crippen molar-refractivity contribution in [3.05, 3.63) is 75.8 Å². The summed E-state index contributed by atoms with van der Waals surface area (Å²) in [7, 11) is 0. The Balaban J connectivity index is 1.51. The average Bonchev–Trinajstić information content (AvgIpc) is 3.13. The van der Waals surface area contributed by atoms with Crippen molar-refractivity contribution in [3.63, 3.8) is 0 Å². The van der Waals surface area contributed by atoms with Gasteiger partial charge in [0.2, 0.25) is 0 Å². The Labute approximate surface area is 161 Å². The van der Waals surface area contributed by atoms with Gasteiger partial charge < -0.3 is 0 Å². The molecule has 2 atom stereocenters. The summed E-state index contributed by atoms with van der Waals surface area (Å²) in [5.41, 5.74) is 12.2. The van der Waals surface area contributed by atoms with Crippen LogP contribution in [0.25, 0.3) is 6.08 Å². The molecule has 1 amide bonds. The number of benzene rings is 2. The Bertz CT molecular complexity index is 802. The van der Waals surface area contributed by atoms with Crippen LogP contribution in [0.4, 0.5) is 0 Å². The number of halogens is 1. The highest BCUT2D eigenvalue weighted by Gasteiger charge is 2.29. The second kappa shape index (κ2) is 8.89. The molecule has 3 rings (SSSR count). The fourth-order valence-electron chi connectivity index (χ4n) is 2.73. The van der Waals surface area contributed by atoms with Crippen molar-refractivity contribution in [1.82, 2.24) is 16.3 Å². The third-order valence-corrected chi connectivity index (χ3v) is 4.60. The predicted octanol–water partition coefficient (Wildman–Crippen LogP) is 3.44. The van der Waals surface area contributed by atoms with E-state index in [0.717, 1.165) is 15.6 Å². The van der Waals surface area contributed by atoms with E-state index in [4.69, 9.17) is 0 Å². The van der Waals surface area contributed by atoms with Gasteiger partial charge in [-0.3, -0.25) is 4.79 Å². The third-order valence-electron chi connectivity index (χ3n) is 4.17. The highest BCUT2D eigenvalue weighted by atomic mass is 79.9. The van der Waals surface area contributed by atoms with Gasteiger partial charge in [0.05, 0.1) is 6.21 Å². The molecule has 1 aliphatic rings. The molecule has 0 saturated carbocycles. The van der Waals surface area contributed by atoms with Crippen LogP contribution in [0, 0.1) is 6.92 Å². The van der Waals surface area contributed by atoms with E-state index >= 15 is 0 Å². The van der Waals surface area contributed by atoms with Crippen LogP contribution in [0.3, 0.4) is 0 Å². The summed E-state index contributed by atoms with van der Waals surface area (Å²) in [6.45, 7) is 2.06. The van der Waals surface area contributed by atoms with Crippen LogP contribution in [0.2, 0.25) is 0 Å². The number of amides is 1. The van der Waals surface area contributed by atoms with Gasteiger partial charge in [0.15, 0.2) is 0 Å². The lowest BCUT2D eigenvalue weighted by Crippen LogP contribution is -2.41. The van der Waals surface area contributed by atoms with Crippen molar-refractivity contribution in [1.29, 1.82) is 0 Å². The van der Waals surface area contributed by atoms with Gasteiger partial charge >= 0.3 is 0 Å². The van der Waals surface area contributed by atoms with E-state index in [1.165, 1.54) is 5.56 Å². The number of nitrogens with one attached hydrogen (secondary N) is 3. The maximum absolute atomic E-state index is 12.3. The largest absolute Gasteiger partial charge is 0.271 e. The molecule has 0 aromatic heterocycles. The average molecular weight is 413 g/mol. The summed E-state index contributed by atoms with van der Waals surface area (Å²) < 4.78 is 0.777. The summed E-state index contributed by atoms with van der Waals surface area (Å²) in [5, 5.41) is 4.01. The molecular weight excluding hydrogens is 392 g/mol. The van der Waals surface area contributed by atoms with Crippen molar-refractivity contribution >= 4 is 34.1 Å². The quantitative estimate of drug-likeness (QED) is 0.520. The number of carbonyl (C=O) groups excluding carboxylic acids is 1. The van der Waals surface area contributed by atoms with Gasteiger partial charge in [-0.1, -0.05) is 60.2 Å². The topological polar surface area (TPSA) is 65.5 Å². The second-order valence-corrected chi connectivity index (χ2v) is 7.13. The lowest BCUT2D eigenvalue weighted by molar-refractivity contribution is -0.122. The Morgan fingerprint density at radius 2 is 1.88 bits per heavy atom. The maximum atomic E-state index is 12.3. The fourth-order valence-corrected chi connectivity index (χ4v) is 3.09. The molecule has 1 saturated heterocycles. The first-order valence-corrected chi connectivity index (χ1v) is 9.24. The first-order valence-electron chi connectivity index (χ1n) is 8.44. The minimum atomic E-state index is -0.324. The van der Waals surface area contributed by atoms with Crippen molar-refractivity contribution in [3.8, 4) is 0 Å². The summed E-state index contributed by atoms with van der Waals surface area (Å²) in [6.07, 6.45) is 4.18. The molecule has 2 aromatic carbocycles. The summed E-state index contributed by atoms with van der Waals surface area (Å²) >= 11 is 3.43. The van der Waals surface area contributed by atoms with Crippen LogP contribution in [0.15, 0.2) is 64.2 Å². The highest BCUT2D eigenvalue weighted by molar-refractivity contribution is 9.12. The van der Waals surface area contributed by atoms with Crippen molar-refractivity contribution in [2.45, 2.75) is 25.4 Å². The molecule has 0 aliphatic carbocycles.